The Kier molecular flexibility index (Phi) is 6.62. The molecule has 1 aliphatic rings. The predicted molar refractivity (Wildman–Crippen MR) is 119 cm³/mol. The van der Waals surface area contributed by atoms with Crippen molar-refractivity contribution in [1.82, 2.24) is 4.90 Å². The van der Waals surface area contributed by atoms with Crippen LogP contribution in [0.25, 0.3) is 0 Å². The zero-order valence-electron chi connectivity index (χ0n) is 17.5. The van der Waals surface area contributed by atoms with Crippen LogP contribution in [0.2, 0.25) is 0 Å². The molecule has 2 aromatic carbocycles. The molecule has 0 bridgehead atoms. The minimum absolute atomic E-state index is 0.198. The lowest BCUT2D eigenvalue weighted by Crippen LogP contribution is -2.29. The van der Waals surface area contributed by atoms with E-state index in [-0.39, 0.29) is 12.2 Å². The number of hydrogen-bond acceptors (Lipinski definition) is 5. The average molecular weight is 457 g/mol. The zero-order valence-corrected chi connectivity index (χ0v) is 18.3. The predicted octanol–water partition coefficient (Wildman–Crippen LogP) is 5.01. The number of nitrogens with one attached hydrogen (secondary N) is 1. The summed E-state index contributed by atoms with van der Waals surface area (Å²) in [6.07, 6.45) is 0.633. The van der Waals surface area contributed by atoms with Gasteiger partial charge in [-0.05, 0) is 36.6 Å². The van der Waals surface area contributed by atoms with Crippen LogP contribution in [-0.2, 0) is 24.2 Å². The van der Waals surface area contributed by atoms with E-state index in [1.165, 1.54) is 16.9 Å². The van der Waals surface area contributed by atoms with Gasteiger partial charge in [0, 0.05) is 30.6 Å². The highest BCUT2D eigenvalue weighted by Crippen LogP contribution is 2.38. The van der Waals surface area contributed by atoms with E-state index in [0.29, 0.717) is 29.6 Å². The van der Waals surface area contributed by atoms with Gasteiger partial charge in [0.25, 0.3) is 5.91 Å². The lowest BCUT2D eigenvalue weighted by atomic mass is 10.0. The number of benzene rings is 2. The number of esters is 1. The van der Waals surface area contributed by atoms with Gasteiger partial charge in [0.15, 0.2) is 0 Å². The molecule has 166 valence electrons. The molecule has 1 aliphatic heterocycles. The van der Waals surface area contributed by atoms with E-state index in [1.54, 1.807) is 6.92 Å². The molecule has 32 heavy (non-hydrogen) atoms. The number of nitrogens with zero attached hydrogens (tertiary/aromatic N) is 1. The first-order valence-electron chi connectivity index (χ1n) is 10.3. The van der Waals surface area contributed by atoms with Gasteiger partial charge < -0.3 is 10.1 Å². The van der Waals surface area contributed by atoms with Crippen molar-refractivity contribution < 1.29 is 23.1 Å². The Morgan fingerprint density at radius 2 is 1.94 bits per heavy atom. The van der Waals surface area contributed by atoms with Crippen LogP contribution < -0.4 is 5.32 Å². The molecule has 0 spiro atoms. The first-order chi connectivity index (χ1) is 15.5. The van der Waals surface area contributed by atoms with Gasteiger partial charge in [-0.15, -0.1) is 11.3 Å². The highest BCUT2D eigenvalue weighted by Gasteiger charge is 2.30. The lowest BCUT2D eigenvalue weighted by molar-refractivity contribution is 0.0526. The zero-order chi connectivity index (χ0) is 22.7. The fraction of sp³-hybridized carbons (Fsp3) is 0.250. The van der Waals surface area contributed by atoms with Crippen molar-refractivity contribution in [2.75, 3.05) is 18.5 Å². The number of halogens is 2. The van der Waals surface area contributed by atoms with E-state index >= 15 is 0 Å². The van der Waals surface area contributed by atoms with Crippen LogP contribution in [0.1, 0.15) is 43.6 Å². The third kappa shape index (κ3) is 4.71. The number of hydrogen-bond donors (Lipinski definition) is 1. The van der Waals surface area contributed by atoms with E-state index in [4.69, 9.17) is 4.74 Å². The van der Waals surface area contributed by atoms with Gasteiger partial charge in [0.2, 0.25) is 0 Å². The molecule has 0 saturated heterocycles. The second-order valence-electron chi connectivity index (χ2n) is 7.45. The Bertz CT molecular complexity index is 1150. The minimum atomic E-state index is -0.962. The molecule has 0 saturated carbocycles. The number of thiophene rings is 1. The van der Waals surface area contributed by atoms with Crippen molar-refractivity contribution in [3.8, 4) is 0 Å². The Morgan fingerprint density at radius 3 is 2.66 bits per heavy atom. The smallest absolute Gasteiger partial charge is 0.341 e. The van der Waals surface area contributed by atoms with Crippen molar-refractivity contribution in [2.24, 2.45) is 0 Å². The number of anilines is 1. The molecule has 0 aliphatic carbocycles. The fourth-order valence-electron chi connectivity index (χ4n) is 3.78. The number of amides is 1. The van der Waals surface area contributed by atoms with Crippen molar-refractivity contribution in [1.29, 1.82) is 0 Å². The number of fused-ring (bicyclic) bond motifs is 1. The molecule has 0 fully saturated rings. The van der Waals surface area contributed by atoms with E-state index < -0.39 is 23.5 Å². The van der Waals surface area contributed by atoms with Crippen LogP contribution in [0.5, 0.6) is 0 Å². The number of ether oxygens (including phenoxy) is 1. The summed E-state index contributed by atoms with van der Waals surface area (Å²) < 4.78 is 32.5. The Hall–Kier alpha value is -3.10. The highest BCUT2D eigenvalue weighted by molar-refractivity contribution is 7.17. The van der Waals surface area contributed by atoms with Crippen LogP contribution in [-0.4, -0.2) is 29.9 Å². The molecule has 1 aromatic heterocycles. The van der Waals surface area contributed by atoms with Crippen LogP contribution in [0.3, 0.4) is 0 Å². The van der Waals surface area contributed by atoms with Crippen molar-refractivity contribution in [3.05, 3.63) is 87.3 Å². The van der Waals surface area contributed by atoms with E-state index in [9.17, 15) is 18.4 Å². The van der Waals surface area contributed by atoms with Crippen LogP contribution >= 0.6 is 11.3 Å². The average Bonchev–Trinajstić information content (AvgIpc) is 3.11. The van der Waals surface area contributed by atoms with Crippen LogP contribution in [0.15, 0.2) is 48.5 Å². The second kappa shape index (κ2) is 9.58. The van der Waals surface area contributed by atoms with E-state index in [2.05, 4.69) is 22.3 Å². The van der Waals surface area contributed by atoms with Gasteiger partial charge in [-0.25, -0.2) is 13.6 Å². The number of rotatable bonds is 6. The quantitative estimate of drug-likeness (QED) is 0.530. The molecule has 0 atom stereocenters. The lowest BCUT2D eigenvalue weighted by Gasteiger charge is -2.27. The molecular weight excluding hydrogens is 434 g/mol. The number of carbonyl (C=O) groups excluding carboxylic acids is 2. The van der Waals surface area contributed by atoms with Gasteiger partial charge in [-0.2, -0.15) is 0 Å². The van der Waals surface area contributed by atoms with Crippen LogP contribution in [0, 0.1) is 11.6 Å². The summed E-state index contributed by atoms with van der Waals surface area (Å²) in [7, 11) is 0. The maximum Gasteiger partial charge on any atom is 0.341 e. The highest BCUT2D eigenvalue weighted by atomic mass is 32.1. The summed E-state index contributed by atoms with van der Waals surface area (Å²) >= 11 is 1.29. The third-order valence-corrected chi connectivity index (χ3v) is 6.40. The molecule has 4 rings (SSSR count). The molecule has 5 nitrogen and oxygen atoms in total. The maximum atomic E-state index is 14.1. The van der Waals surface area contributed by atoms with Gasteiger partial charge in [0.05, 0.1) is 17.7 Å². The number of carbonyl (C=O) groups is 2. The van der Waals surface area contributed by atoms with Crippen molar-refractivity contribution in [2.45, 2.75) is 26.4 Å². The SMILES string of the molecule is CCOC(=O)c1c(NC(=O)c2ccc(F)cc2F)sc2c1CCN(Cc1ccccc1)C2. The first kappa shape index (κ1) is 22.1. The molecule has 1 amide bonds. The monoisotopic (exact) mass is 456 g/mol. The minimum Gasteiger partial charge on any atom is -0.462 e. The molecule has 3 aromatic rings. The van der Waals surface area contributed by atoms with Crippen LogP contribution in [0.4, 0.5) is 13.8 Å². The summed E-state index contributed by atoms with van der Waals surface area (Å²) in [6, 6.07) is 12.9. The summed E-state index contributed by atoms with van der Waals surface area (Å²) in [5.74, 6) is -2.99. The van der Waals surface area contributed by atoms with E-state index in [0.717, 1.165) is 35.7 Å². The van der Waals surface area contributed by atoms with Crippen molar-refractivity contribution in [3.63, 3.8) is 0 Å². The Balaban J connectivity index is 1.61. The summed E-state index contributed by atoms with van der Waals surface area (Å²) in [4.78, 5) is 28.6. The molecule has 0 unspecified atom stereocenters. The molecule has 8 heteroatoms. The normalized spacial score (nSPS) is 13.5. The van der Waals surface area contributed by atoms with Gasteiger partial charge in [-0.3, -0.25) is 9.69 Å². The largest absolute Gasteiger partial charge is 0.462 e. The van der Waals surface area contributed by atoms with Gasteiger partial charge in [0.1, 0.15) is 16.6 Å². The van der Waals surface area contributed by atoms with Gasteiger partial charge in [-0.1, -0.05) is 30.3 Å². The first-order valence-corrected chi connectivity index (χ1v) is 11.1. The summed E-state index contributed by atoms with van der Waals surface area (Å²) in [5.41, 5.74) is 2.08. The van der Waals surface area contributed by atoms with Gasteiger partial charge >= 0.3 is 5.97 Å². The standard InChI is InChI=1S/C24H22F2N2O3S/c1-2-31-24(30)21-18-10-11-28(13-15-6-4-3-5-7-15)14-20(18)32-23(21)27-22(29)17-9-8-16(25)12-19(17)26/h3-9,12H,2,10-11,13-14H2,1H3,(H,27,29). The topological polar surface area (TPSA) is 58.6 Å². The molecular formula is C24H22F2N2O3S. The summed E-state index contributed by atoms with van der Waals surface area (Å²) in [5, 5.41) is 2.97. The van der Waals surface area contributed by atoms with E-state index in [1.807, 2.05) is 18.2 Å². The van der Waals surface area contributed by atoms with Crippen molar-refractivity contribution >= 4 is 28.2 Å². The fourth-order valence-corrected chi connectivity index (χ4v) is 5.06. The molecule has 1 N–H and O–H groups in total. The maximum absolute atomic E-state index is 14.1. The third-order valence-electron chi connectivity index (χ3n) is 5.27. The Labute approximate surface area is 188 Å². The molecule has 0 radical (unpaired) electrons. The summed E-state index contributed by atoms with van der Waals surface area (Å²) in [6.45, 7) is 4.07. The second-order valence-corrected chi connectivity index (χ2v) is 8.56. The Morgan fingerprint density at radius 1 is 1.16 bits per heavy atom. The molecule has 2 heterocycles.